The van der Waals surface area contributed by atoms with Crippen LogP contribution in [0.2, 0.25) is 0 Å². The van der Waals surface area contributed by atoms with Crippen LogP contribution in [0, 0.1) is 0 Å². The van der Waals surface area contributed by atoms with Crippen molar-refractivity contribution >= 4 is 0 Å². The van der Waals surface area contributed by atoms with Gasteiger partial charge in [0.15, 0.2) is 0 Å². The van der Waals surface area contributed by atoms with Crippen LogP contribution in [0.25, 0.3) is 0 Å². The normalized spacial score (nSPS) is 32.5. The number of rotatable bonds is 2. The molecule has 2 fully saturated rings. The van der Waals surface area contributed by atoms with Crippen molar-refractivity contribution in [3.8, 4) is 0 Å². The predicted molar refractivity (Wildman–Crippen MR) is 47.8 cm³/mol. The molecule has 3 heteroatoms. The number of hydrogen-bond acceptors (Lipinski definition) is 3. The number of nitrogens with one attached hydrogen (secondary N) is 1. The average Bonchev–Trinajstić information content (AvgIpc) is 2.59. The first kappa shape index (κ1) is 8.48. The predicted octanol–water partition coefficient (Wildman–Crippen LogP) is 0.766. The minimum Gasteiger partial charge on any atom is -0.313 e. The number of nitrogens with zero attached hydrogens (tertiary/aromatic N) is 1. The molecule has 2 aliphatic rings. The monoisotopic (exact) mass is 170 g/mol. The fourth-order valence-electron chi connectivity index (χ4n) is 1.95. The second-order valence-corrected chi connectivity index (χ2v) is 3.72. The van der Waals surface area contributed by atoms with E-state index in [0.29, 0.717) is 6.04 Å². The topological polar surface area (TPSA) is 24.5 Å². The Labute approximate surface area is 74.0 Å². The summed E-state index contributed by atoms with van der Waals surface area (Å²) in [5, 5.41) is 5.61. The van der Waals surface area contributed by atoms with Gasteiger partial charge in [0.2, 0.25) is 0 Å². The first-order chi connectivity index (χ1) is 5.95. The number of hydrogen-bond donors (Lipinski definition) is 1. The molecule has 0 bridgehead atoms. The lowest BCUT2D eigenvalue weighted by Gasteiger charge is -2.28. The van der Waals surface area contributed by atoms with E-state index < -0.39 is 0 Å². The van der Waals surface area contributed by atoms with Gasteiger partial charge >= 0.3 is 0 Å². The van der Waals surface area contributed by atoms with Crippen molar-refractivity contribution in [2.24, 2.45) is 0 Å². The Balaban J connectivity index is 1.69. The average molecular weight is 170 g/mol. The minimum atomic E-state index is 0.683. The lowest BCUT2D eigenvalue weighted by atomic mass is 10.2. The molecule has 0 spiro atoms. The summed E-state index contributed by atoms with van der Waals surface area (Å²) < 4.78 is 0. The van der Waals surface area contributed by atoms with Crippen molar-refractivity contribution in [1.29, 1.82) is 0 Å². The fourth-order valence-corrected chi connectivity index (χ4v) is 1.95. The van der Waals surface area contributed by atoms with E-state index in [0.717, 1.165) is 19.7 Å². The molecule has 2 aliphatic heterocycles. The molecule has 0 aliphatic carbocycles. The van der Waals surface area contributed by atoms with Gasteiger partial charge in [-0.25, -0.2) is 0 Å². The highest BCUT2D eigenvalue weighted by Gasteiger charge is 2.19. The van der Waals surface area contributed by atoms with Crippen molar-refractivity contribution < 1.29 is 4.84 Å². The lowest BCUT2D eigenvalue weighted by molar-refractivity contribution is -0.183. The molecule has 0 aromatic carbocycles. The molecule has 2 heterocycles. The van der Waals surface area contributed by atoms with E-state index in [9.17, 15) is 0 Å². The maximum Gasteiger partial charge on any atom is 0.0685 e. The maximum atomic E-state index is 5.53. The van der Waals surface area contributed by atoms with E-state index >= 15 is 0 Å². The zero-order valence-corrected chi connectivity index (χ0v) is 7.59. The van der Waals surface area contributed by atoms with Gasteiger partial charge < -0.3 is 5.32 Å². The maximum absolute atomic E-state index is 5.53. The van der Waals surface area contributed by atoms with Crippen LogP contribution in [0.4, 0.5) is 0 Å². The van der Waals surface area contributed by atoms with Crippen LogP contribution in [-0.4, -0.2) is 37.3 Å². The van der Waals surface area contributed by atoms with Crippen LogP contribution in [0.3, 0.4) is 0 Å². The summed E-state index contributed by atoms with van der Waals surface area (Å²) in [6.45, 7) is 4.32. The molecule has 0 saturated carbocycles. The van der Waals surface area contributed by atoms with Crippen molar-refractivity contribution in [2.45, 2.75) is 31.7 Å². The van der Waals surface area contributed by atoms with E-state index in [1.807, 2.05) is 0 Å². The van der Waals surface area contributed by atoms with E-state index in [-0.39, 0.29) is 0 Å². The molecule has 12 heavy (non-hydrogen) atoms. The van der Waals surface area contributed by atoms with E-state index in [4.69, 9.17) is 4.84 Å². The van der Waals surface area contributed by atoms with Crippen LogP contribution >= 0.6 is 0 Å². The molecule has 0 aromatic heterocycles. The zero-order chi connectivity index (χ0) is 8.23. The molecule has 0 amide bonds. The molecule has 1 N–H and O–H groups in total. The van der Waals surface area contributed by atoms with Crippen molar-refractivity contribution in [1.82, 2.24) is 10.4 Å². The van der Waals surface area contributed by atoms with Gasteiger partial charge in [-0.05, 0) is 32.2 Å². The van der Waals surface area contributed by atoms with Crippen molar-refractivity contribution in [2.75, 3.05) is 26.2 Å². The summed E-state index contributed by atoms with van der Waals surface area (Å²) in [5.41, 5.74) is 0. The molecule has 0 radical (unpaired) electrons. The Morgan fingerprint density at radius 1 is 1.33 bits per heavy atom. The zero-order valence-electron chi connectivity index (χ0n) is 7.59. The Hall–Kier alpha value is -0.120. The van der Waals surface area contributed by atoms with Gasteiger partial charge in [-0.3, -0.25) is 4.84 Å². The van der Waals surface area contributed by atoms with Gasteiger partial charge in [0, 0.05) is 19.1 Å². The molecule has 0 aromatic rings. The third kappa shape index (κ3) is 2.19. The Bertz CT molecular complexity index is 128. The molecule has 3 nitrogen and oxygen atoms in total. The van der Waals surface area contributed by atoms with Crippen LogP contribution in [0.15, 0.2) is 0 Å². The summed E-state index contributed by atoms with van der Waals surface area (Å²) in [6.07, 6.45) is 5.18. The van der Waals surface area contributed by atoms with Gasteiger partial charge in [-0.15, -0.1) is 0 Å². The smallest absolute Gasteiger partial charge is 0.0685 e. The van der Waals surface area contributed by atoms with Gasteiger partial charge in [0.25, 0.3) is 0 Å². The summed E-state index contributed by atoms with van der Waals surface area (Å²) in [5.74, 6) is 0. The largest absolute Gasteiger partial charge is 0.313 e. The van der Waals surface area contributed by atoms with Gasteiger partial charge in [-0.2, -0.15) is 5.06 Å². The van der Waals surface area contributed by atoms with Crippen LogP contribution in [0.5, 0.6) is 0 Å². The quantitative estimate of drug-likeness (QED) is 0.662. The van der Waals surface area contributed by atoms with Crippen LogP contribution in [-0.2, 0) is 4.84 Å². The van der Waals surface area contributed by atoms with Gasteiger partial charge in [-0.1, -0.05) is 0 Å². The number of hydroxylamine groups is 2. The molecular weight excluding hydrogens is 152 g/mol. The van der Waals surface area contributed by atoms with Crippen molar-refractivity contribution in [3.05, 3.63) is 0 Å². The minimum absolute atomic E-state index is 0.683. The third-order valence-corrected chi connectivity index (χ3v) is 2.66. The Morgan fingerprint density at radius 2 is 2.33 bits per heavy atom. The SMILES string of the molecule is C1CCN(CC2CCCN2)OC1. The third-order valence-electron chi connectivity index (χ3n) is 2.66. The van der Waals surface area contributed by atoms with Crippen molar-refractivity contribution in [3.63, 3.8) is 0 Å². The first-order valence-electron chi connectivity index (χ1n) is 5.06. The molecule has 1 atom stereocenters. The highest BCUT2D eigenvalue weighted by atomic mass is 16.7. The van der Waals surface area contributed by atoms with Crippen LogP contribution in [0.1, 0.15) is 25.7 Å². The second-order valence-electron chi connectivity index (χ2n) is 3.72. The first-order valence-corrected chi connectivity index (χ1v) is 5.06. The summed E-state index contributed by atoms with van der Waals surface area (Å²) in [4.78, 5) is 5.53. The molecular formula is C9H18N2O. The van der Waals surface area contributed by atoms with E-state index in [1.54, 1.807) is 0 Å². The molecule has 2 saturated heterocycles. The summed E-state index contributed by atoms with van der Waals surface area (Å²) in [7, 11) is 0. The molecule has 70 valence electrons. The molecule has 2 rings (SSSR count). The fraction of sp³-hybridized carbons (Fsp3) is 1.00. The second kappa shape index (κ2) is 4.21. The highest BCUT2D eigenvalue weighted by Crippen LogP contribution is 2.11. The molecule has 1 unspecified atom stereocenters. The van der Waals surface area contributed by atoms with Gasteiger partial charge in [0.1, 0.15) is 0 Å². The Kier molecular flexibility index (Phi) is 2.98. The summed E-state index contributed by atoms with van der Waals surface area (Å²) >= 11 is 0. The lowest BCUT2D eigenvalue weighted by Crippen LogP contribution is -2.40. The Morgan fingerprint density at radius 3 is 3.00 bits per heavy atom. The standard InChI is InChI=1S/C9H18N2O/c1-2-7-12-11(6-1)8-9-4-3-5-10-9/h9-10H,1-8H2. The van der Waals surface area contributed by atoms with Crippen LogP contribution < -0.4 is 5.32 Å². The van der Waals surface area contributed by atoms with E-state index in [2.05, 4.69) is 10.4 Å². The summed E-state index contributed by atoms with van der Waals surface area (Å²) in [6, 6.07) is 0.683. The van der Waals surface area contributed by atoms with Gasteiger partial charge in [0.05, 0.1) is 6.61 Å². The van der Waals surface area contributed by atoms with E-state index in [1.165, 1.54) is 32.2 Å². The highest BCUT2D eigenvalue weighted by molar-refractivity contribution is 4.76.